The second-order valence-corrected chi connectivity index (χ2v) is 6.32. The Kier molecular flexibility index (Phi) is 3.21. The minimum absolute atomic E-state index is 0.0360. The average Bonchev–Trinajstić information content (AvgIpc) is 3.13. The van der Waals surface area contributed by atoms with E-state index in [-0.39, 0.29) is 11.9 Å². The van der Waals surface area contributed by atoms with Crippen molar-refractivity contribution in [3.05, 3.63) is 46.5 Å². The smallest absolute Gasteiger partial charge is 0.251 e. The molecule has 1 atom stereocenters. The molecule has 5 nitrogen and oxygen atoms in total. The van der Waals surface area contributed by atoms with Crippen LogP contribution in [0.4, 0.5) is 0 Å². The van der Waals surface area contributed by atoms with Gasteiger partial charge in [-0.15, -0.1) is 10.2 Å². The van der Waals surface area contributed by atoms with Crippen molar-refractivity contribution in [2.45, 2.75) is 51.6 Å². The average molecular weight is 296 g/mol. The van der Waals surface area contributed by atoms with E-state index in [9.17, 15) is 4.79 Å². The molecule has 1 amide bonds. The first kappa shape index (κ1) is 13.5. The maximum atomic E-state index is 12.5. The van der Waals surface area contributed by atoms with Crippen LogP contribution in [0.25, 0.3) is 0 Å². The molecule has 0 bridgehead atoms. The number of rotatable bonds is 2. The number of hydrogen-bond acceptors (Lipinski definition) is 3. The van der Waals surface area contributed by atoms with Gasteiger partial charge in [0, 0.05) is 24.6 Å². The highest BCUT2D eigenvalue weighted by Crippen LogP contribution is 2.23. The third kappa shape index (κ3) is 2.30. The minimum atomic E-state index is 0.0360. The van der Waals surface area contributed by atoms with E-state index in [0.717, 1.165) is 49.4 Å². The second kappa shape index (κ2) is 5.23. The van der Waals surface area contributed by atoms with Crippen molar-refractivity contribution in [2.24, 2.45) is 0 Å². The molecule has 1 aliphatic heterocycles. The van der Waals surface area contributed by atoms with Crippen LogP contribution in [-0.4, -0.2) is 26.7 Å². The molecule has 1 N–H and O–H groups in total. The first-order valence-electron chi connectivity index (χ1n) is 8.02. The van der Waals surface area contributed by atoms with Gasteiger partial charge in [0.15, 0.2) is 0 Å². The zero-order chi connectivity index (χ0) is 15.1. The predicted molar refractivity (Wildman–Crippen MR) is 82.8 cm³/mol. The van der Waals surface area contributed by atoms with Gasteiger partial charge < -0.3 is 9.88 Å². The molecule has 2 heterocycles. The van der Waals surface area contributed by atoms with E-state index in [4.69, 9.17) is 0 Å². The van der Waals surface area contributed by atoms with Gasteiger partial charge in [-0.25, -0.2) is 0 Å². The lowest BCUT2D eigenvalue weighted by Crippen LogP contribution is -2.41. The molecule has 0 unspecified atom stereocenters. The quantitative estimate of drug-likeness (QED) is 0.919. The van der Waals surface area contributed by atoms with Crippen molar-refractivity contribution in [1.82, 2.24) is 20.1 Å². The SMILES string of the molecule is Cc1nnc2n1C[C@H](NC(=O)c1ccc3c(c1)CCC3)CC2. The lowest BCUT2D eigenvalue weighted by Gasteiger charge is -2.25. The van der Waals surface area contributed by atoms with Crippen LogP contribution in [0.5, 0.6) is 0 Å². The molecular weight excluding hydrogens is 276 g/mol. The highest BCUT2D eigenvalue weighted by molar-refractivity contribution is 5.94. The van der Waals surface area contributed by atoms with Crippen LogP contribution >= 0.6 is 0 Å². The van der Waals surface area contributed by atoms with Crippen molar-refractivity contribution in [2.75, 3.05) is 0 Å². The van der Waals surface area contributed by atoms with Crippen LogP contribution < -0.4 is 5.32 Å². The van der Waals surface area contributed by atoms with E-state index in [1.165, 1.54) is 17.5 Å². The molecule has 114 valence electrons. The summed E-state index contributed by atoms with van der Waals surface area (Å²) in [6.07, 6.45) is 5.25. The minimum Gasteiger partial charge on any atom is -0.347 e. The van der Waals surface area contributed by atoms with Crippen LogP contribution in [0.15, 0.2) is 18.2 Å². The fraction of sp³-hybridized carbons (Fsp3) is 0.471. The summed E-state index contributed by atoms with van der Waals surface area (Å²) in [5.41, 5.74) is 3.53. The Bertz CT molecular complexity index is 734. The number of aryl methyl sites for hydroxylation is 4. The monoisotopic (exact) mass is 296 g/mol. The van der Waals surface area contributed by atoms with Gasteiger partial charge in [-0.2, -0.15) is 0 Å². The summed E-state index contributed by atoms with van der Waals surface area (Å²) in [5.74, 6) is 1.99. The van der Waals surface area contributed by atoms with Crippen LogP contribution in [0.2, 0.25) is 0 Å². The number of amides is 1. The normalized spacial score (nSPS) is 19.6. The summed E-state index contributed by atoms with van der Waals surface area (Å²) in [5, 5.41) is 11.4. The summed E-state index contributed by atoms with van der Waals surface area (Å²) in [4.78, 5) is 12.5. The lowest BCUT2D eigenvalue weighted by molar-refractivity contribution is 0.0927. The van der Waals surface area contributed by atoms with Gasteiger partial charge in [0.05, 0.1) is 0 Å². The number of nitrogens with one attached hydrogen (secondary N) is 1. The number of hydrogen-bond donors (Lipinski definition) is 1. The Morgan fingerprint density at radius 2 is 2.09 bits per heavy atom. The van der Waals surface area contributed by atoms with Crippen LogP contribution in [0.1, 0.15) is 46.0 Å². The zero-order valence-electron chi connectivity index (χ0n) is 12.8. The Morgan fingerprint density at radius 3 is 3.00 bits per heavy atom. The van der Waals surface area contributed by atoms with E-state index in [2.05, 4.69) is 32.2 Å². The Morgan fingerprint density at radius 1 is 1.23 bits per heavy atom. The van der Waals surface area contributed by atoms with Crippen molar-refractivity contribution in [1.29, 1.82) is 0 Å². The topological polar surface area (TPSA) is 59.8 Å². The molecule has 1 aliphatic carbocycles. The number of fused-ring (bicyclic) bond motifs is 2. The number of carbonyl (C=O) groups excluding carboxylic acids is 1. The molecule has 0 fully saturated rings. The molecule has 1 aromatic carbocycles. The summed E-state index contributed by atoms with van der Waals surface area (Å²) in [6.45, 7) is 2.73. The Labute approximate surface area is 129 Å². The number of carbonyl (C=O) groups is 1. The standard InChI is InChI=1S/C17H20N4O/c1-11-19-20-16-8-7-15(10-21(11)16)18-17(22)14-6-5-12-3-2-4-13(12)9-14/h5-6,9,15H,2-4,7-8,10H2,1H3,(H,18,22)/t15-/m1/s1. The van der Waals surface area contributed by atoms with E-state index >= 15 is 0 Å². The van der Waals surface area contributed by atoms with E-state index in [0.29, 0.717) is 0 Å². The van der Waals surface area contributed by atoms with Crippen molar-refractivity contribution in [3.63, 3.8) is 0 Å². The Balaban J connectivity index is 1.48. The van der Waals surface area contributed by atoms with Gasteiger partial charge in [0.2, 0.25) is 0 Å². The molecule has 1 aromatic heterocycles. The molecule has 0 saturated carbocycles. The molecule has 22 heavy (non-hydrogen) atoms. The number of aromatic nitrogens is 3. The summed E-state index contributed by atoms with van der Waals surface area (Å²) in [7, 11) is 0. The third-order valence-electron chi connectivity index (χ3n) is 4.83. The molecule has 0 saturated heterocycles. The second-order valence-electron chi connectivity index (χ2n) is 6.32. The van der Waals surface area contributed by atoms with Gasteiger partial charge in [0.1, 0.15) is 11.6 Å². The van der Waals surface area contributed by atoms with E-state index < -0.39 is 0 Å². The van der Waals surface area contributed by atoms with Gasteiger partial charge >= 0.3 is 0 Å². The summed E-state index contributed by atoms with van der Waals surface area (Å²) >= 11 is 0. The van der Waals surface area contributed by atoms with Crippen LogP contribution in [-0.2, 0) is 25.8 Å². The number of nitrogens with zero attached hydrogens (tertiary/aromatic N) is 3. The van der Waals surface area contributed by atoms with Crippen molar-refractivity contribution >= 4 is 5.91 Å². The first-order chi connectivity index (χ1) is 10.7. The lowest BCUT2D eigenvalue weighted by atomic mass is 10.0. The van der Waals surface area contributed by atoms with Gasteiger partial charge in [-0.3, -0.25) is 4.79 Å². The highest BCUT2D eigenvalue weighted by atomic mass is 16.1. The molecule has 0 spiro atoms. The van der Waals surface area contributed by atoms with Crippen LogP contribution in [0, 0.1) is 6.92 Å². The predicted octanol–water partition coefficient (Wildman–Crippen LogP) is 1.82. The molecule has 2 aromatic rings. The fourth-order valence-corrected chi connectivity index (χ4v) is 3.56. The fourth-order valence-electron chi connectivity index (χ4n) is 3.56. The molecule has 4 rings (SSSR count). The van der Waals surface area contributed by atoms with Crippen LogP contribution in [0.3, 0.4) is 0 Å². The summed E-state index contributed by atoms with van der Waals surface area (Å²) < 4.78 is 2.11. The van der Waals surface area contributed by atoms with Gasteiger partial charge in [-0.05, 0) is 55.9 Å². The van der Waals surface area contributed by atoms with E-state index in [1.54, 1.807) is 0 Å². The molecule has 2 aliphatic rings. The summed E-state index contributed by atoms with van der Waals surface area (Å²) in [6, 6.07) is 6.29. The number of benzene rings is 1. The maximum Gasteiger partial charge on any atom is 0.251 e. The Hall–Kier alpha value is -2.17. The largest absolute Gasteiger partial charge is 0.347 e. The van der Waals surface area contributed by atoms with Crippen molar-refractivity contribution < 1.29 is 4.79 Å². The maximum absolute atomic E-state index is 12.5. The molecule has 5 heteroatoms. The molecule has 0 radical (unpaired) electrons. The van der Waals surface area contributed by atoms with Crippen molar-refractivity contribution in [3.8, 4) is 0 Å². The van der Waals surface area contributed by atoms with Gasteiger partial charge in [0.25, 0.3) is 5.91 Å². The highest BCUT2D eigenvalue weighted by Gasteiger charge is 2.23. The first-order valence-corrected chi connectivity index (χ1v) is 8.02. The van der Waals surface area contributed by atoms with Gasteiger partial charge in [-0.1, -0.05) is 6.07 Å². The molecular formula is C17H20N4O. The van der Waals surface area contributed by atoms with E-state index in [1.807, 2.05) is 13.0 Å². The zero-order valence-corrected chi connectivity index (χ0v) is 12.8. The third-order valence-corrected chi connectivity index (χ3v) is 4.83.